The lowest BCUT2D eigenvalue weighted by molar-refractivity contribution is 0.0697. The van der Waals surface area contributed by atoms with E-state index in [1.807, 2.05) is 11.0 Å². The van der Waals surface area contributed by atoms with Crippen LogP contribution in [0.15, 0.2) is 66.7 Å². The highest BCUT2D eigenvalue weighted by molar-refractivity contribution is 6.05. The zero-order valence-corrected chi connectivity index (χ0v) is 17.8. The molecule has 1 heterocycles. The summed E-state index contributed by atoms with van der Waals surface area (Å²) < 4.78 is 27.3. The van der Waals surface area contributed by atoms with E-state index in [0.29, 0.717) is 38.4 Å². The van der Waals surface area contributed by atoms with E-state index in [-0.39, 0.29) is 22.6 Å². The van der Waals surface area contributed by atoms with E-state index in [0.717, 1.165) is 5.56 Å². The summed E-state index contributed by atoms with van der Waals surface area (Å²) in [7, 11) is 0. The third kappa shape index (κ3) is 5.35. The molecule has 0 aliphatic carbocycles. The Bertz CT molecular complexity index is 1180. The van der Waals surface area contributed by atoms with E-state index in [2.05, 4.69) is 10.2 Å². The van der Waals surface area contributed by atoms with Crippen molar-refractivity contribution in [1.29, 1.82) is 0 Å². The van der Waals surface area contributed by atoms with Crippen molar-refractivity contribution in [3.8, 4) is 0 Å². The molecule has 0 saturated carbocycles. The van der Waals surface area contributed by atoms with Crippen molar-refractivity contribution in [1.82, 2.24) is 4.90 Å². The van der Waals surface area contributed by atoms with E-state index >= 15 is 0 Å². The zero-order chi connectivity index (χ0) is 23.4. The predicted octanol–water partition coefficient (Wildman–Crippen LogP) is 4.24. The second-order valence-corrected chi connectivity index (χ2v) is 7.86. The second-order valence-electron chi connectivity index (χ2n) is 7.86. The zero-order valence-electron chi connectivity index (χ0n) is 17.8. The highest BCUT2D eigenvalue weighted by Crippen LogP contribution is 2.26. The first-order valence-electron chi connectivity index (χ1n) is 10.6. The van der Waals surface area contributed by atoms with Gasteiger partial charge in [0.05, 0.1) is 16.8 Å². The van der Waals surface area contributed by atoms with E-state index < -0.39 is 17.7 Å². The van der Waals surface area contributed by atoms with Gasteiger partial charge in [-0.2, -0.15) is 0 Å². The Balaban J connectivity index is 1.44. The topological polar surface area (TPSA) is 72.9 Å². The highest BCUT2D eigenvalue weighted by Gasteiger charge is 2.22. The standard InChI is InChI=1S/C25H23F2N3O3/c26-18-5-3-4-17(14-18)16-29-10-12-30(13-11-29)23-9-8-19(15-21(23)25(32)33)28-24(31)20-6-1-2-7-22(20)27/h1-9,14-15H,10-13,16H2,(H,28,31)(H,32,33). The number of hydrogen-bond acceptors (Lipinski definition) is 4. The van der Waals surface area contributed by atoms with Crippen LogP contribution in [0.4, 0.5) is 20.2 Å². The third-order valence-electron chi connectivity index (χ3n) is 5.61. The average molecular weight is 451 g/mol. The van der Waals surface area contributed by atoms with Crippen LogP contribution in [0.3, 0.4) is 0 Å². The third-order valence-corrected chi connectivity index (χ3v) is 5.61. The maximum Gasteiger partial charge on any atom is 0.337 e. The number of carboxylic acid groups (broad SMARTS) is 1. The van der Waals surface area contributed by atoms with Gasteiger partial charge in [0.2, 0.25) is 0 Å². The number of piperazine rings is 1. The summed E-state index contributed by atoms with van der Waals surface area (Å²) in [6, 6.07) is 16.7. The molecule has 0 radical (unpaired) electrons. The van der Waals surface area contributed by atoms with Gasteiger partial charge in [-0.1, -0.05) is 24.3 Å². The van der Waals surface area contributed by atoms with E-state index in [4.69, 9.17) is 0 Å². The minimum absolute atomic E-state index is 0.0555. The molecule has 33 heavy (non-hydrogen) atoms. The number of hydrogen-bond donors (Lipinski definition) is 2. The maximum absolute atomic E-state index is 13.9. The van der Waals surface area contributed by atoms with Crippen LogP contribution in [-0.4, -0.2) is 48.1 Å². The molecule has 0 unspecified atom stereocenters. The summed E-state index contributed by atoms with van der Waals surface area (Å²) in [5, 5.41) is 12.3. The second kappa shape index (κ2) is 9.79. The number of carbonyl (C=O) groups excluding carboxylic acids is 1. The molecular formula is C25H23F2N3O3. The van der Waals surface area contributed by atoms with Crippen LogP contribution < -0.4 is 10.2 Å². The van der Waals surface area contributed by atoms with Gasteiger partial charge in [-0.25, -0.2) is 13.6 Å². The Morgan fingerprint density at radius 3 is 2.33 bits per heavy atom. The first-order chi connectivity index (χ1) is 15.9. The number of amides is 1. The summed E-state index contributed by atoms with van der Waals surface area (Å²) in [4.78, 5) is 28.5. The molecule has 0 spiro atoms. The van der Waals surface area contributed by atoms with Crippen LogP contribution in [0, 0.1) is 11.6 Å². The van der Waals surface area contributed by atoms with Crippen molar-refractivity contribution in [3.63, 3.8) is 0 Å². The molecule has 1 amide bonds. The number of benzene rings is 3. The molecule has 4 rings (SSSR count). The molecule has 0 bridgehead atoms. The van der Waals surface area contributed by atoms with Crippen molar-refractivity contribution >= 4 is 23.3 Å². The van der Waals surface area contributed by atoms with Crippen molar-refractivity contribution in [2.45, 2.75) is 6.54 Å². The molecule has 170 valence electrons. The Labute approximate surface area is 190 Å². The predicted molar refractivity (Wildman–Crippen MR) is 122 cm³/mol. The van der Waals surface area contributed by atoms with Gasteiger partial charge in [-0.05, 0) is 48.0 Å². The van der Waals surface area contributed by atoms with Crippen molar-refractivity contribution in [2.24, 2.45) is 0 Å². The van der Waals surface area contributed by atoms with Crippen molar-refractivity contribution in [2.75, 3.05) is 36.4 Å². The largest absolute Gasteiger partial charge is 0.478 e. The minimum atomic E-state index is -1.12. The normalized spacial score (nSPS) is 14.2. The van der Waals surface area contributed by atoms with Gasteiger partial charge in [0.15, 0.2) is 0 Å². The molecule has 1 aliphatic rings. The van der Waals surface area contributed by atoms with Crippen LogP contribution in [0.5, 0.6) is 0 Å². The molecule has 1 fully saturated rings. The fourth-order valence-electron chi connectivity index (χ4n) is 3.95. The van der Waals surface area contributed by atoms with E-state index in [9.17, 15) is 23.5 Å². The first-order valence-corrected chi connectivity index (χ1v) is 10.6. The van der Waals surface area contributed by atoms with Gasteiger partial charge in [-0.3, -0.25) is 9.69 Å². The van der Waals surface area contributed by atoms with Crippen molar-refractivity contribution in [3.05, 3.63) is 95.1 Å². The number of anilines is 2. The number of carbonyl (C=O) groups is 2. The Morgan fingerprint density at radius 2 is 1.64 bits per heavy atom. The van der Waals surface area contributed by atoms with Gasteiger partial charge >= 0.3 is 5.97 Å². The highest BCUT2D eigenvalue weighted by atomic mass is 19.1. The number of aromatic carboxylic acids is 1. The summed E-state index contributed by atoms with van der Waals surface area (Å²) in [6.07, 6.45) is 0. The number of nitrogens with zero attached hydrogens (tertiary/aromatic N) is 2. The fraction of sp³-hybridized carbons (Fsp3) is 0.200. The lowest BCUT2D eigenvalue weighted by atomic mass is 10.1. The van der Waals surface area contributed by atoms with Crippen LogP contribution in [0.25, 0.3) is 0 Å². The monoisotopic (exact) mass is 451 g/mol. The Hall–Kier alpha value is -3.78. The number of nitrogens with one attached hydrogen (secondary N) is 1. The molecule has 2 N–H and O–H groups in total. The molecule has 3 aromatic carbocycles. The summed E-state index contributed by atoms with van der Waals surface area (Å²) in [5.74, 6) is -2.68. The molecular weight excluding hydrogens is 428 g/mol. The summed E-state index contributed by atoms with van der Waals surface area (Å²) >= 11 is 0. The first kappa shape index (κ1) is 22.4. The van der Waals surface area contributed by atoms with Gasteiger partial charge in [0.25, 0.3) is 5.91 Å². The molecule has 1 aliphatic heterocycles. The van der Waals surface area contributed by atoms with Gasteiger partial charge in [-0.15, -0.1) is 0 Å². The number of carboxylic acids is 1. The summed E-state index contributed by atoms with van der Waals surface area (Å²) in [6.45, 7) is 3.23. The SMILES string of the molecule is O=C(Nc1ccc(N2CCN(Cc3cccc(F)c3)CC2)c(C(=O)O)c1)c1ccccc1F. The average Bonchev–Trinajstić information content (AvgIpc) is 2.80. The number of halogens is 2. The molecule has 3 aromatic rings. The minimum Gasteiger partial charge on any atom is -0.478 e. The Morgan fingerprint density at radius 1 is 0.879 bits per heavy atom. The van der Waals surface area contributed by atoms with Gasteiger partial charge in [0, 0.05) is 38.4 Å². The molecule has 0 atom stereocenters. The maximum atomic E-state index is 13.9. The summed E-state index contributed by atoms with van der Waals surface area (Å²) in [5.41, 5.74) is 1.66. The van der Waals surface area contributed by atoms with Crippen LogP contribution in [-0.2, 0) is 6.54 Å². The quantitative estimate of drug-likeness (QED) is 0.587. The molecule has 8 heteroatoms. The van der Waals surface area contributed by atoms with Crippen LogP contribution in [0.1, 0.15) is 26.3 Å². The smallest absolute Gasteiger partial charge is 0.337 e. The van der Waals surface area contributed by atoms with Crippen LogP contribution in [0.2, 0.25) is 0 Å². The van der Waals surface area contributed by atoms with E-state index in [1.165, 1.54) is 36.4 Å². The lowest BCUT2D eigenvalue weighted by Crippen LogP contribution is -2.46. The molecule has 6 nitrogen and oxygen atoms in total. The van der Waals surface area contributed by atoms with Gasteiger partial charge < -0.3 is 15.3 Å². The van der Waals surface area contributed by atoms with E-state index in [1.54, 1.807) is 24.3 Å². The number of rotatable bonds is 6. The lowest BCUT2D eigenvalue weighted by Gasteiger charge is -2.36. The Kier molecular flexibility index (Phi) is 6.65. The molecule has 1 saturated heterocycles. The fourth-order valence-corrected chi connectivity index (χ4v) is 3.95. The van der Waals surface area contributed by atoms with Crippen molar-refractivity contribution < 1.29 is 23.5 Å². The van der Waals surface area contributed by atoms with Gasteiger partial charge in [0.1, 0.15) is 11.6 Å². The molecule has 0 aromatic heterocycles. The van der Waals surface area contributed by atoms with Crippen LogP contribution >= 0.6 is 0 Å².